The van der Waals surface area contributed by atoms with E-state index in [-0.39, 0.29) is 23.0 Å². The van der Waals surface area contributed by atoms with E-state index in [2.05, 4.69) is 0 Å². The van der Waals surface area contributed by atoms with Crippen LogP contribution >= 0.6 is 11.6 Å². The molecule has 0 atom stereocenters. The number of halogens is 1. The monoisotopic (exact) mass is 270 g/mol. The molecule has 1 aromatic rings. The Bertz CT molecular complexity index is 474. The first kappa shape index (κ1) is 14.3. The Hall–Kier alpha value is -1.75. The zero-order chi connectivity index (χ0) is 13.9. The van der Waals surface area contributed by atoms with Gasteiger partial charge in [0.05, 0.1) is 17.1 Å². The molecule has 0 aliphatic heterocycles. The van der Waals surface area contributed by atoms with Gasteiger partial charge < -0.3 is 14.9 Å². The summed E-state index contributed by atoms with van der Waals surface area (Å²) in [4.78, 5) is 25.6. The van der Waals surface area contributed by atoms with Crippen molar-refractivity contribution in [2.45, 2.75) is 0 Å². The molecule has 0 aliphatic rings. The Morgan fingerprint density at radius 2 is 1.89 bits per heavy atom. The molecule has 98 valence electrons. The summed E-state index contributed by atoms with van der Waals surface area (Å²) in [7, 11) is 5.10. The van der Waals surface area contributed by atoms with E-state index >= 15 is 0 Å². The number of carbonyl (C=O) groups excluding carboxylic acids is 1. The SMILES string of the molecule is CN(C)C(=O)CN(C)c1ccc(C(=O)O)c(Cl)c1. The molecule has 0 saturated carbocycles. The lowest BCUT2D eigenvalue weighted by atomic mass is 10.2. The van der Waals surface area contributed by atoms with Gasteiger partial charge in [-0.3, -0.25) is 4.79 Å². The van der Waals surface area contributed by atoms with Gasteiger partial charge >= 0.3 is 5.97 Å². The van der Waals surface area contributed by atoms with Crippen molar-refractivity contribution in [1.29, 1.82) is 0 Å². The smallest absolute Gasteiger partial charge is 0.337 e. The van der Waals surface area contributed by atoms with Crippen LogP contribution < -0.4 is 4.90 Å². The summed E-state index contributed by atoms with van der Waals surface area (Å²) in [6.07, 6.45) is 0. The first-order valence-corrected chi connectivity index (χ1v) is 5.65. The van der Waals surface area contributed by atoms with E-state index in [1.807, 2.05) is 0 Å². The fraction of sp³-hybridized carbons (Fsp3) is 0.333. The van der Waals surface area contributed by atoms with Crippen LogP contribution in [0.1, 0.15) is 10.4 Å². The fourth-order valence-corrected chi connectivity index (χ4v) is 1.61. The number of carboxylic acids is 1. The third-order valence-electron chi connectivity index (χ3n) is 2.50. The Morgan fingerprint density at radius 1 is 1.28 bits per heavy atom. The minimum atomic E-state index is -1.07. The van der Waals surface area contributed by atoms with E-state index in [0.717, 1.165) is 0 Å². The van der Waals surface area contributed by atoms with Crippen LogP contribution in [-0.2, 0) is 4.79 Å². The van der Waals surface area contributed by atoms with Crippen LogP contribution in [0.2, 0.25) is 5.02 Å². The maximum Gasteiger partial charge on any atom is 0.337 e. The van der Waals surface area contributed by atoms with Gasteiger partial charge in [0.2, 0.25) is 5.91 Å². The molecule has 0 radical (unpaired) electrons. The van der Waals surface area contributed by atoms with Crippen molar-refractivity contribution in [3.63, 3.8) is 0 Å². The van der Waals surface area contributed by atoms with E-state index in [0.29, 0.717) is 5.69 Å². The molecule has 1 N–H and O–H groups in total. The molecule has 0 bridgehead atoms. The highest BCUT2D eigenvalue weighted by atomic mass is 35.5. The van der Waals surface area contributed by atoms with Crippen molar-refractivity contribution in [3.8, 4) is 0 Å². The molecule has 0 unspecified atom stereocenters. The highest BCUT2D eigenvalue weighted by Crippen LogP contribution is 2.23. The number of benzene rings is 1. The molecule has 0 heterocycles. The lowest BCUT2D eigenvalue weighted by Crippen LogP contribution is -2.34. The predicted octanol–water partition coefficient (Wildman–Crippen LogP) is 1.56. The van der Waals surface area contributed by atoms with Crippen LogP contribution in [0.3, 0.4) is 0 Å². The number of nitrogens with zero attached hydrogens (tertiary/aromatic N) is 2. The number of anilines is 1. The summed E-state index contributed by atoms with van der Waals surface area (Å²) in [5, 5.41) is 9.01. The third kappa shape index (κ3) is 3.37. The second kappa shape index (κ2) is 5.73. The van der Waals surface area contributed by atoms with Crippen molar-refractivity contribution < 1.29 is 14.7 Å². The van der Waals surface area contributed by atoms with Gasteiger partial charge in [-0.25, -0.2) is 4.79 Å². The highest BCUT2D eigenvalue weighted by molar-refractivity contribution is 6.33. The van der Waals surface area contributed by atoms with Crippen LogP contribution in [0.15, 0.2) is 18.2 Å². The first-order valence-electron chi connectivity index (χ1n) is 5.27. The molecule has 1 amide bonds. The fourth-order valence-electron chi connectivity index (χ4n) is 1.35. The summed E-state index contributed by atoms with van der Waals surface area (Å²) in [6, 6.07) is 4.59. The largest absolute Gasteiger partial charge is 0.478 e. The van der Waals surface area contributed by atoms with Gasteiger partial charge in [-0.2, -0.15) is 0 Å². The molecule has 1 rings (SSSR count). The molecule has 1 aromatic carbocycles. The van der Waals surface area contributed by atoms with Crippen LogP contribution in [0, 0.1) is 0 Å². The van der Waals surface area contributed by atoms with Crippen molar-refractivity contribution >= 4 is 29.2 Å². The molecule has 0 aromatic heterocycles. The van der Waals surface area contributed by atoms with Crippen LogP contribution in [0.5, 0.6) is 0 Å². The molecule has 0 saturated heterocycles. The van der Waals surface area contributed by atoms with Crippen LogP contribution in [0.25, 0.3) is 0 Å². The molecule has 18 heavy (non-hydrogen) atoms. The Labute approximate surface area is 111 Å². The molecule has 6 heteroatoms. The molecular formula is C12H15ClN2O3. The standard InChI is InChI=1S/C12H15ClN2O3/c1-14(2)11(16)7-15(3)8-4-5-9(12(17)18)10(13)6-8/h4-6H,7H2,1-3H3,(H,17,18). The number of rotatable bonds is 4. The van der Waals surface area contributed by atoms with Gasteiger partial charge in [-0.05, 0) is 18.2 Å². The molecule has 5 nitrogen and oxygen atoms in total. The minimum absolute atomic E-state index is 0.0454. The van der Waals surface area contributed by atoms with Crippen molar-refractivity contribution in [1.82, 2.24) is 4.90 Å². The first-order chi connectivity index (χ1) is 8.32. The van der Waals surface area contributed by atoms with Gasteiger partial charge in [0.15, 0.2) is 0 Å². The number of aromatic carboxylic acids is 1. The van der Waals surface area contributed by atoms with Gasteiger partial charge in [-0.15, -0.1) is 0 Å². The van der Waals surface area contributed by atoms with Crippen LogP contribution in [-0.4, -0.2) is 49.6 Å². The molecule has 0 spiro atoms. The second-order valence-electron chi connectivity index (χ2n) is 4.11. The summed E-state index contributed by atoms with van der Waals surface area (Å²) >= 11 is 5.86. The van der Waals surface area contributed by atoms with E-state index < -0.39 is 5.97 Å². The van der Waals surface area contributed by atoms with Gasteiger partial charge in [0, 0.05) is 26.8 Å². The lowest BCUT2D eigenvalue weighted by molar-refractivity contribution is -0.127. The normalized spacial score (nSPS) is 10.0. The minimum Gasteiger partial charge on any atom is -0.478 e. The molecule has 0 aliphatic carbocycles. The molecule has 0 fully saturated rings. The third-order valence-corrected chi connectivity index (χ3v) is 2.81. The number of amides is 1. The highest BCUT2D eigenvalue weighted by Gasteiger charge is 2.13. The molecular weight excluding hydrogens is 256 g/mol. The zero-order valence-electron chi connectivity index (χ0n) is 10.5. The summed E-state index contributed by atoms with van der Waals surface area (Å²) in [6.45, 7) is 0.204. The van der Waals surface area contributed by atoms with Crippen molar-refractivity contribution in [3.05, 3.63) is 28.8 Å². The van der Waals surface area contributed by atoms with Crippen molar-refractivity contribution in [2.75, 3.05) is 32.6 Å². The Morgan fingerprint density at radius 3 is 2.33 bits per heavy atom. The number of carbonyl (C=O) groups is 2. The van der Waals surface area contributed by atoms with E-state index in [9.17, 15) is 9.59 Å². The maximum absolute atomic E-state index is 11.5. The van der Waals surface area contributed by atoms with Crippen molar-refractivity contribution in [2.24, 2.45) is 0 Å². The number of hydrogen-bond donors (Lipinski definition) is 1. The lowest BCUT2D eigenvalue weighted by Gasteiger charge is -2.21. The van der Waals surface area contributed by atoms with Crippen LogP contribution in [0.4, 0.5) is 5.69 Å². The number of carboxylic acid groups (broad SMARTS) is 1. The average Bonchev–Trinajstić information content (AvgIpc) is 2.27. The summed E-state index contributed by atoms with van der Waals surface area (Å²) < 4.78 is 0. The zero-order valence-corrected chi connectivity index (χ0v) is 11.2. The van der Waals surface area contributed by atoms with E-state index in [4.69, 9.17) is 16.7 Å². The number of likely N-dealkylation sites (N-methyl/N-ethyl adjacent to an activating group) is 2. The topological polar surface area (TPSA) is 60.9 Å². The summed E-state index contributed by atoms with van der Waals surface area (Å²) in [5.74, 6) is -1.12. The van der Waals surface area contributed by atoms with Gasteiger partial charge in [0.25, 0.3) is 0 Å². The Balaban J connectivity index is 2.88. The van der Waals surface area contributed by atoms with Gasteiger partial charge in [0.1, 0.15) is 0 Å². The average molecular weight is 271 g/mol. The number of hydrogen-bond acceptors (Lipinski definition) is 3. The Kier molecular flexibility index (Phi) is 4.55. The predicted molar refractivity (Wildman–Crippen MR) is 70.4 cm³/mol. The second-order valence-corrected chi connectivity index (χ2v) is 4.52. The van der Waals surface area contributed by atoms with E-state index in [1.165, 1.54) is 17.0 Å². The quantitative estimate of drug-likeness (QED) is 0.902. The summed E-state index contributed by atoms with van der Waals surface area (Å²) in [5.41, 5.74) is 0.743. The maximum atomic E-state index is 11.5. The van der Waals surface area contributed by atoms with Gasteiger partial charge in [-0.1, -0.05) is 11.6 Å². The van der Waals surface area contributed by atoms with E-state index in [1.54, 1.807) is 32.1 Å².